The number of nitrogens with two attached hydrogens (primary N) is 1. The van der Waals surface area contributed by atoms with Crippen LogP contribution >= 0.6 is 27.3 Å². The first-order valence-electron chi connectivity index (χ1n) is 4.85. The van der Waals surface area contributed by atoms with Crippen LogP contribution in [0, 0.1) is 12.7 Å². The normalized spacial score (nSPS) is 12.8. The van der Waals surface area contributed by atoms with E-state index in [9.17, 15) is 4.39 Å². The Morgan fingerprint density at radius 2 is 2.06 bits per heavy atom. The van der Waals surface area contributed by atoms with Crippen LogP contribution in [0.1, 0.15) is 22.0 Å². The van der Waals surface area contributed by atoms with Gasteiger partial charge in [-0.1, -0.05) is 6.07 Å². The lowest BCUT2D eigenvalue weighted by atomic mass is 10.0. The minimum absolute atomic E-state index is 0.244. The summed E-state index contributed by atoms with van der Waals surface area (Å²) < 4.78 is 14.2. The summed E-state index contributed by atoms with van der Waals surface area (Å²) >= 11 is 4.97. The molecule has 4 heteroatoms. The van der Waals surface area contributed by atoms with Crippen LogP contribution in [0.2, 0.25) is 0 Å². The second-order valence-electron chi connectivity index (χ2n) is 3.62. The average Bonchev–Trinajstić information content (AvgIpc) is 2.67. The largest absolute Gasteiger partial charge is 0.320 e. The number of hydrogen-bond donors (Lipinski definition) is 1. The molecule has 0 fully saturated rings. The van der Waals surface area contributed by atoms with Gasteiger partial charge in [-0.3, -0.25) is 0 Å². The maximum absolute atomic E-state index is 13.2. The Labute approximate surface area is 106 Å². The van der Waals surface area contributed by atoms with E-state index in [0.29, 0.717) is 0 Å². The highest BCUT2D eigenvalue weighted by Crippen LogP contribution is 2.31. The molecule has 0 aliphatic carbocycles. The highest BCUT2D eigenvalue weighted by Gasteiger charge is 2.14. The summed E-state index contributed by atoms with van der Waals surface area (Å²) in [4.78, 5) is 1.03. The van der Waals surface area contributed by atoms with E-state index < -0.39 is 0 Å². The van der Waals surface area contributed by atoms with Crippen molar-refractivity contribution in [2.45, 2.75) is 13.0 Å². The molecule has 1 heterocycles. The molecule has 1 aromatic heterocycles. The molecule has 0 aliphatic rings. The Kier molecular flexibility index (Phi) is 3.42. The molecule has 0 spiro atoms. The van der Waals surface area contributed by atoms with Crippen LogP contribution in [0.3, 0.4) is 0 Å². The number of thiophene rings is 1. The van der Waals surface area contributed by atoms with Crippen LogP contribution in [0.4, 0.5) is 4.39 Å². The van der Waals surface area contributed by atoms with Crippen molar-refractivity contribution in [1.29, 1.82) is 0 Å². The van der Waals surface area contributed by atoms with Crippen molar-refractivity contribution in [3.8, 4) is 0 Å². The first kappa shape index (κ1) is 11.8. The Balaban J connectivity index is 2.40. The van der Waals surface area contributed by atoms with Crippen LogP contribution in [0.15, 0.2) is 34.1 Å². The van der Waals surface area contributed by atoms with Gasteiger partial charge in [0, 0.05) is 4.88 Å². The third-order valence-corrected chi connectivity index (χ3v) is 4.18. The number of hydrogen-bond acceptors (Lipinski definition) is 2. The molecule has 0 saturated carbocycles. The standard InChI is InChI=1S/C12H11BrFNS/c1-7-2-3-8(14)6-9(7)12(15)10-4-5-11(13)16-10/h2-6,12H,15H2,1H3. The quantitative estimate of drug-likeness (QED) is 0.891. The van der Waals surface area contributed by atoms with E-state index >= 15 is 0 Å². The van der Waals surface area contributed by atoms with Crippen molar-refractivity contribution < 1.29 is 4.39 Å². The first-order valence-corrected chi connectivity index (χ1v) is 6.46. The molecule has 0 radical (unpaired) electrons. The van der Waals surface area contributed by atoms with Crippen molar-refractivity contribution in [3.05, 3.63) is 55.9 Å². The van der Waals surface area contributed by atoms with Crippen LogP contribution in [0.25, 0.3) is 0 Å². The highest BCUT2D eigenvalue weighted by molar-refractivity contribution is 9.11. The van der Waals surface area contributed by atoms with Gasteiger partial charge < -0.3 is 5.73 Å². The van der Waals surface area contributed by atoms with E-state index in [1.165, 1.54) is 12.1 Å². The van der Waals surface area contributed by atoms with Crippen molar-refractivity contribution in [2.24, 2.45) is 5.73 Å². The highest BCUT2D eigenvalue weighted by atomic mass is 79.9. The maximum atomic E-state index is 13.2. The molecule has 84 valence electrons. The summed E-state index contributed by atoms with van der Waals surface area (Å²) in [7, 11) is 0. The van der Waals surface area contributed by atoms with Crippen molar-refractivity contribution in [1.82, 2.24) is 0 Å². The summed E-state index contributed by atoms with van der Waals surface area (Å²) in [5, 5.41) is 0. The fourth-order valence-electron chi connectivity index (χ4n) is 1.60. The molecule has 0 aliphatic heterocycles. The summed E-state index contributed by atoms with van der Waals surface area (Å²) in [6.07, 6.45) is 0. The van der Waals surface area contributed by atoms with Gasteiger partial charge in [0.05, 0.1) is 9.83 Å². The average molecular weight is 300 g/mol. The van der Waals surface area contributed by atoms with Gasteiger partial charge in [-0.2, -0.15) is 0 Å². The lowest BCUT2D eigenvalue weighted by Crippen LogP contribution is -2.12. The van der Waals surface area contributed by atoms with Crippen LogP contribution in [0.5, 0.6) is 0 Å². The Hall–Kier alpha value is -0.710. The smallest absolute Gasteiger partial charge is 0.123 e. The fraction of sp³-hybridized carbons (Fsp3) is 0.167. The summed E-state index contributed by atoms with van der Waals surface area (Å²) in [6, 6.07) is 8.38. The van der Waals surface area contributed by atoms with Gasteiger partial charge in [0.15, 0.2) is 0 Å². The zero-order valence-corrected chi connectivity index (χ0v) is 11.1. The molecule has 1 atom stereocenters. The van der Waals surface area contributed by atoms with Crippen molar-refractivity contribution >= 4 is 27.3 Å². The Morgan fingerprint density at radius 3 is 2.69 bits per heavy atom. The maximum Gasteiger partial charge on any atom is 0.123 e. The molecule has 1 nitrogen and oxygen atoms in total. The van der Waals surface area contributed by atoms with Gasteiger partial charge in [0.25, 0.3) is 0 Å². The molecule has 1 unspecified atom stereocenters. The second kappa shape index (κ2) is 4.65. The van der Waals surface area contributed by atoms with Crippen LogP contribution in [-0.4, -0.2) is 0 Å². The summed E-state index contributed by atoms with van der Waals surface area (Å²) in [5.41, 5.74) is 7.98. The molecule has 0 amide bonds. The van der Waals surface area contributed by atoms with E-state index in [-0.39, 0.29) is 11.9 Å². The fourth-order valence-corrected chi connectivity index (χ4v) is 3.04. The number of benzene rings is 1. The molecule has 2 rings (SSSR count). The third kappa shape index (κ3) is 2.34. The minimum atomic E-state index is -0.257. The molecule has 2 N–H and O–H groups in total. The monoisotopic (exact) mass is 299 g/mol. The Bertz CT molecular complexity index is 509. The number of rotatable bonds is 2. The molecule has 0 saturated heterocycles. The number of aryl methyl sites for hydroxylation is 1. The molecule has 2 aromatic rings. The second-order valence-corrected chi connectivity index (χ2v) is 6.12. The lowest BCUT2D eigenvalue weighted by Gasteiger charge is -2.13. The van der Waals surface area contributed by atoms with E-state index in [0.717, 1.165) is 19.8 Å². The SMILES string of the molecule is Cc1ccc(F)cc1C(N)c1ccc(Br)s1. The molecular weight excluding hydrogens is 289 g/mol. The minimum Gasteiger partial charge on any atom is -0.320 e. The van der Waals surface area contributed by atoms with Gasteiger partial charge in [0.2, 0.25) is 0 Å². The number of halogens is 2. The van der Waals surface area contributed by atoms with Gasteiger partial charge in [-0.05, 0) is 58.2 Å². The van der Waals surface area contributed by atoms with Crippen LogP contribution in [-0.2, 0) is 0 Å². The van der Waals surface area contributed by atoms with E-state index in [1.54, 1.807) is 17.4 Å². The van der Waals surface area contributed by atoms with E-state index in [4.69, 9.17) is 5.73 Å². The van der Waals surface area contributed by atoms with Gasteiger partial charge in [0.1, 0.15) is 5.82 Å². The zero-order valence-electron chi connectivity index (χ0n) is 8.71. The predicted molar refractivity (Wildman–Crippen MR) is 69.2 cm³/mol. The van der Waals surface area contributed by atoms with E-state index in [1.807, 2.05) is 19.1 Å². The van der Waals surface area contributed by atoms with E-state index in [2.05, 4.69) is 15.9 Å². The van der Waals surface area contributed by atoms with Crippen LogP contribution < -0.4 is 5.73 Å². The Morgan fingerprint density at radius 1 is 1.31 bits per heavy atom. The van der Waals surface area contributed by atoms with Crippen molar-refractivity contribution in [3.63, 3.8) is 0 Å². The van der Waals surface area contributed by atoms with Gasteiger partial charge >= 0.3 is 0 Å². The van der Waals surface area contributed by atoms with Crippen molar-refractivity contribution in [2.75, 3.05) is 0 Å². The topological polar surface area (TPSA) is 26.0 Å². The first-order chi connectivity index (χ1) is 7.58. The predicted octanol–water partition coefficient (Wildman–Crippen LogP) is 4.01. The molecular formula is C12H11BrFNS. The van der Waals surface area contributed by atoms with Gasteiger partial charge in [-0.25, -0.2) is 4.39 Å². The lowest BCUT2D eigenvalue weighted by molar-refractivity contribution is 0.623. The summed E-state index contributed by atoms with van der Waals surface area (Å²) in [6.45, 7) is 1.94. The summed E-state index contributed by atoms with van der Waals surface area (Å²) in [5.74, 6) is -0.244. The molecule has 1 aromatic carbocycles. The van der Waals surface area contributed by atoms with Gasteiger partial charge in [-0.15, -0.1) is 11.3 Å². The zero-order chi connectivity index (χ0) is 11.7. The molecule has 0 bridgehead atoms. The third-order valence-electron chi connectivity index (χ3n) is 2.48. The molecule has 16 heavy (non-hydrogen) atoms.